The lowest BCUT2D eigenvalue weighted by Gasteiger charge is -2.13. The molecular weight excluding hydrogens is 190 g/mol. The molecule has 0 N–H and O–H groups in total. The van der Waals surface area contributed by atoms with Gasteiger partial charge in [0.05, 0.1) is 12.5 Å². The Morgan fingerprint density at radius 1 is 1.40 bits per heavy atom. The number of aromatic nitrogens is 3. The summed E-state index contributed by atoms with van der Waals surface area (Å²) in [5, 5.41) is 0. The van der Waals surface area contributed by atoms with Crippen LogP contribution < -0.4 is 0 Å². The third-order valence-corrected chi connectivity index (χ3v) is 2.17. The summed E-state index contributed by atoms with van der Waals surface area (Å²) in [5.74, 6) is 1.63. The summed E-state index contributed by atoms with van der Waals surface area (Å²) < 4.78 is 7.59. The van der Waals surface area contributed by atoms with Crippen molar-refractivity contribution in [3.8, 4) is 0 Å². The molecule has 0 radical (unpaired) electrons. The van der Waals surface area contributed by atoms with Crippen LogP contribution in [0, 0.1) is 0 Å². The zero-order valence-electron chi connectivity index (χ0n) is 9.27. The lowest BCUT2D eigenvalue weighted by Crippen LogP contribution is -2.09. The van der Waals surface area contributed by atoms with Crippen LogP contribution in [0.3, 0.4) is 0 Å². The van der Waals surface area contributed by atoms with Crippen LogP contribution in [0.1, 0.15) is 32.4 Å². The Morgan fingerprint density at radius 3 is 2.73 bits per heavy atom. The van der Waals surface area contributed by atoms with Gasteiger partial charge in [0.1, 0.15) is 12.3 Å². The van der Waals surface area contributed by atoms with Gasteiger partial charge in [0.2, 0.25) is 5.89 Å². The molecule has 0 amide bonds. The van der Waals surface area contributed by atoms with Crippen LogP contribution in [0.2, 0.25) is 0 Å². The van der Waals surface area contributed by atoms with Crippen LogP contribution in [0.4, 0.5) is 0 Å². The van der Waals surface area contributed by atoms with E-state index in [0.29, 0.717) is 6.54 Å². The van der Waals surface area contributed by atoms with Crippen LogP contribution in [-0.4, -0.2) is 14.5 Å². The summed E-state index contributed by atoms with van der Waals surface area (Å²) in [5.41, 5.74) is 0.0141. The normalized spacial score (nSPS) is 11.9. The molecule has 0 aromatic carbocycles. The van der Waals surface area contributed by atoms with E-state index in [-0.39, 0.29) is 5.41 Å². The summed E-state index contributed by atoms with van der Waals surface area (Å²) >= 11 is 0. The van der Waals surface area contributed by atoms with Gasteiger partial charge >= 0.3 is 0 Å². The largest absolute Gasteiger partial charge is 0.443 e. The van der Waals surface area contributed by atoms with Gasteiger partial charge in [-0.25, -0.2) is 9.97 Å². The van der Waals surface area contributed by atoms with Gasteiger partial charge in [-0.05, 0) is 0 Å². The molecule has 2 rings (SSSR count). The van der Waals surface area contributed by atoms with E-state index in [9.17, 15) is 0 Å². The lowest BCUT2D eigenvalue weighted by molar-refractivity contribution is 0.376. The summed E-state index contributed by atoms with van der Waals surface area (Å²) in [6.07, 6.45) is 7.18. The highest BCUT2D eigenvalue weighted by molar-refractivity contribution is 5.06. The van der Waals surface area contributed by atoms with Crippen LogP contribution in [-0.2, 0) is 12.0 Å². The third kappa shape index (κ3) is 2.26. The topological polar surface area (TPSA) is 43.9 Å². The zero-order valence-corrected chi connectivity index (χ0v) is 9.27. The third-order valence-electron chi connectivity index (χ3n) is 2.17. The average molecular weight is 205 g/mol. The molecule has 0 saturated heterocycles. The van der Waals surface area contributed by atoms with Crippen molar-refractivity contribution in [2.24, 2.45) is 0 Å². The molecule has 0 aliphatic rings. The number of hydrogen-bond donors (Lipinski definition) is 0. The number of oxazole rings is 1. The van der Waals surface area contributed by atoms with Gasteiger partial charge in [-0.3, -0.25) is 0 Å². The minimum atomic E-state index is 0.0141. The van der Waals surface area contributed by atoms with E-state index in [2.05, 4.69) is 30.7 Å². The van der Waals surface area contributed by atoms with Crippen LogP contribution in [0.15, 0.2) is 29.3 Å². The standard InChI is InChI=1S/C11H15N3O/c1-11(2,3)9-6-13-10(15-9)7-14-5-4-12-8-14/h4-6,8H,7H2,1-3H3. The van der Waals surface area contributed by atoms with Crippen molar-refractivity contribution in [2.45, 2.75) is 32.7 Å². The van der Waals surface area contributed by atoms with Crippen molar-refractivity contribution in [3.05, 3.63) is 36.6 Å². The number of hydrogen-bond acceptors (Lipinski definition) is 3. The Labute approximate surface area is 89.0 Å². The molecule has 4 nitrogen and oxygen atoms in total. The van der Waals surface area contributed by atoms with Crippen LogP contribution in [0.25, 0.3) is 0 Å². The van der Waals surface area contributed by atoms with Crippen molar-refractivity contribution >= 4 is 0 Å². The Hall–Kier alpha value is -1.58. The first-order valence-corrected chi connectivity index (χ1v) is 4.96. The first-order valence-electron chi connectivity index (χ1n) is 4.96. The van der Waals surface area contributed by atoms with Crippen molar-refractivity contribution in [1.82, 2.24) is 14.5 Å². The van der Waals surface area contributed by atoms with E-state index in [1.54, 1.807) is 18.7 Å². The van der Waals surface area contributed by atoms with E-state index >= 15 is 0 Å². The molecule has 0 aliphatic heterocycles. The van der Waals surface area contributed by atoms with Gasteiger partial charge < -0.3 is 8.98 Å². The molecule has 2 aromatic rings. The lowest BCUT2D eigenvalue weighted by atomic mass is 9.94. The maximum atomic E-state index is 5.66. The van der Waals surface area contributed by atoms with Crippen LogP contribution in [0.5, 0.6) is 0 Å². The highest BCUT2D eigenvalue weighted by Crippen LogP contribution is 2.22. The maximum absolute atomic E-state index is 5.66. The van der Waals surface area contributed by atoms with Crippen molar-refractivity contribution in [2.75, 3.05) is 0 Å². The Morgan fingerprint density at radius 2 is 2.20 bits per heavy atom. The minimum Gasteiger partial charge on any atom is -0.443 e. The van der Waals surface area contributed by atoms with E-state index < -0.39 is 0 Å². The number of nitrogens with zero attached hydrogens (tertiary/aromatic N) is 3. The fraction of sp³-hybridized carbons (Fsp3) is 0.455. The summed E-state index contributed by atoms with van der Waals surface area (Å²) in [6.45, 7) is 6.95. The van der Waals surface area contributed by atoms with Gasteiger partial charge in [-0.1, -0.05) is 20.8 Å². The van der Waals surface area contributed by atoms with E-state index in [1.807, 2.05) is 10.8 Å². The Bertz CT molecular complexity index is 423. The molecule has 0 fully saturated rings. The predicted molar refractivity (Wildman–Crippen MR) is 56.5 cm³/mol. The summed E-state index contributed by atoms with van der Waals surface area (Å²) in [4.78, 5) is 8.21. The van der Waals surface area contributed by atoms with Crippen LogP contribution >= 0.6 is 0 Å². The SMILES string of the molecule is CC(C)(C)c1cnc(Cn2ccnc2)o1. The molecule has 15 heavy (non-hydrogen) atoms. The second-order valence-electron chi connectivity index (χ2n) is 4.60. The molecule has 0 saturated carbocycles. The quantitative estimate of drug-likeness (QED) is 0.755. The average Bonchev–Trinajstić information content (AvgIpc) is 2.73. The van der Waals surface area contributed by atoms with Crippen molar-refractivity contribution < 1.29 is 4.42 Å². The van der Waals surface area contributed by atoms with Gasteiger partial charge in [0.25, 0.3) is 0 Å². The van der Waals surface area contributed by atoms with E-state index in [1.165, 1.54) is 0 Å². The second kappa shape index (κ2) is 3.53. The van der Waals surface area contributed by atoms with Gasteiger partial charge in [-0.2, -0.15) is 0 Å². The smallest absolute Gasteiger partial charge is 0.214 e. The summed E-state index contributed by atoms with van der Waals surface area (Å²) in [7, 11) is 0. The highest BCUT2D eigenvalue weighted by Gasteiger charge is 2.18. The first kappa shape index (κ1) is 9.96. The number of rotatable bonds is 2. The fourth-order valence-corrected chi connectivity index (χ4v) is 1.27. The molecule has 4 heteroatoms. The minimum absolute atomic E-state index is 0.0141. The molecule has 2 aromatic heterocycles. The van der Waals surface area contributed by atoms with Gasteiger partial charge in [0, 0.05) is 17.8 Å². The van der Waals surface area contributed by atoms with Crippen molar-refractivity contribution in [1.29, 1.82) is 0 Å². The molecule has 80 valence electrons. The van der Waals surface area contributed by atoms with E-state index in [4.69, 9.17) is 4.42 Å². The first-order chi connectivity index (χ1) is 7.05. The second-order valence-corrected chi connectivity index (χ2v) is 4.60. The molecule has 0 unspecified atom stereocenters. The van der Waals surface area contributed by atoms with Gasteiger partial charge in [0.15, 0.2) is 0 Å². The molecule has 2 heterocycles. The predicted octanol–water partition coefficient (Wildman–Crippen LogP) is 2.22. The monoisotopic (exact) mass is 205 g/mol. The Balaban J connectivity index is 2.15. The summed E-state index contributed by atoms with van der Waals surface area (Å²) in [6, 6.07) is 0. The maximum Gasteiger partial charge on any atom is 0.214 e. The zero-order chi connectivity index (χ0) is 10.9. The molecule has 0 bridgehead atoms. The fourth-order valence-electron chi connectivity index (χ4n) is 1.27. The number of imidazole rings is 1. The molecule has 0 aliphatic carbocycles. The molecular formula is C11H15N3O. The molecule has 0 atom stereocenters. The van der Waals surface area contributed by atoms with Crippen molar-refractivity contribution in [3.63, 3.8) is 0 Å². The highest BCUT2D eigenvalue weighted by atomic mass is 16.4. The van der Waals surface area contributed by atoms with E-state index in [0.717, 1.165) is 11.7 Å². The molecule has 0 spiro atoms. The Kier molecular flexibility index (Phi) is 2.34. The van der Waals surface area contributed by atoms with Gasteiger partial charge in [-0.15, -0.1) is 0 Å².